The molecule has 142 valence electrons. The predicted molar refractivity (Wildman–Crippen MR) is 101 cm³/mol. The number of benzene rings is 1. The van der Waals surface area contributed by atoms with Crippen molar-refractivity contribution in [1.82, 2.24) is 20.2 Å². The van der Waals surface area contributed by atoms with E-state index in [1.165, 1.54) is 11.3 Å². The van der Waals surface area contributed by atoms with E-state index in [0.29, 0.717) is 17.6 Å². The monoisotopic (exact) mass is 387 g/mol. The van der Waals surface area contributed by atoms with Crippen molar-refractivity contribution in [3.63, 3.8) is 0 Å². The second kappa shape index (κ2) is 6.80. The van der Waals surface area contributed by atoms with E-state index in [1.54, 1.807) is 0 Å². The topological polar surface area (TPSA) is 95.8 Å². The average molecular weight is 387 g/mol. The van der Waals surface area contributed by atoms with Gasteiger partial charge in [-0.25, -0.2) is 10.2 Å². The van der Waals surface area contributed by atoms with Gasteiger partial charge in [0, 0.05) is 20.0 Å². The highest BCUT2D eigenvalue weighted by molar-refractivity contribution is 7.16. The number of carbonyl (C=O) groups excluding carboxylic acids is 3. The van der Waals surface area contributed by atoms with E-state index in [0.717, 1.165) is 28.0 Å². The number of urea groups is 1. The SMILES string of the molecule is Cn1/c(=N/NC(=O)CCN2C(=O)NC3(CCCC3)C2=O)sc2ccccc21. The van der Waals surface area contributed by atoms with Crippen LogP contribution in [0.1, 0.15) is 32.1 Å². The molecule has 1 aromatic heterocycles. The molecule has 2 aromatic rings. The van der Waals surface area contributed by atoms with Crippen molar-refractivity contribution in [1.29, 1.82) is 0 Å². The number of imide groups is 1. The van der Waals surface area contributed by atoms with Crippen molar-refractivity contribution in [2.75, 3.05) is 6.54 Å². The van der Waals surface area contributed by atoms with E-state index in [-0.39, 0.29) is 24.8 Å². The fourth-order valence-corrected chi connectivity index (χ4v) is 4.74. The third-order valence-corrected chi connectivity index (χ3v) is 6.37. The zero-order valence-electron chi connectivity index (χ0n) is 15.0. The number of fused-ring (bicyclic) bond motifs is 1. The Hall–Kier alpha value is -2.68. The maximum Gasteiger partial charge on any atom is 0.325 e. The first-order valence-corrected chi connectivity index (χ1v) is 9.83. The first-order valence-electron chi connectivity index (χ1n) is 9.01. The van der Waals surface area contributed by atoms with Gasteiger partial charge in [-0.2, -0.15) is 0 Å². The molecule has 9 heteroatoms. The Morgan fingerprint density at radius 1 is 1.30 bits per heavy atom. The van der Waals surface area contributed by atoms with E-state index < -0.39 is 11.6 Å². The second-order valence-electron chi connectivity index (χ2n) is 6.98. The van der Waals surface area contributed by atoms with Gasteiger partial charge in [-0.1, -0.05) is 36.3 Å². The summed E-state index contributed by atoms with van der Waals surface area (Å²) in [5, 5.41) is 6.99. The largest absolute Gasteiger partial charge is 0.325 e. The van der Waals surface area contributed by atoms with Gasteiger partial charge in [0.2, 0.25) is 10.7 Å². The number of thiazole rings is 1. The zero-order valence-corrected chi connectivity index (χ0v) is 15.8. The highest BCUT2D eigenvalue weighted by Gasteiger charge is 2.52. The number of hydrogen-bond donors (Lipinski definition) is 2. The minimum absolute atomic E-state index is 0.0212. The lowest BCUT2D eigenvalue weighted by Crippen LogP contribution is -2.44. The van der Waals surface area contributed by atoms with Gasteiger partial charge in [-0.3, -0.25) is 14.5 Å². The summed E-state index contributed by atoms with van der Waals surface area (Å²) < 4.78 is 2.98. The molecule has 0 radical (unpaired) electrons. The average Bonchev–Trinajstić information content (AvgIpc) is 3.31. The standard InChI is InChI=1S/C18H21N5O3S/c1-22-12-6-2-3-7-13(12)27-17(22)21-20-14(24)8-11-23-15(25)18(19-16(23)26)9-4-5-10-18/h2-3,6-7H,4-5,8-11H2,1H3,(H,19,26)(H,20,24)/b21-17-. The number of aromatic nitrogens is 1. The summed E-state index contributed by atoms with van der Waals surface area (Å²) in [6.07, 6.45) is 3.25. The molecule has 1 spiro atoms. The predicted octanol–water partition coefficient (Wildman–Crippen LogP) is 1.43. The van der Waals surface area contributed by atoms with Crippen LogP contribution in [0.4, 0.5) is 4.79 Å². The highest BCUT2D eigenvalue weighted by atomic mass is 32.1. The Morgan fingerprint density at radius 2 is 2.04 bits per heavy atom. The number of amides is 4. The molecule has 1 saturated carbocycles. The summed E-state index contributed by atoms with van der Waals surface area (Å²) in [7, 11) is 1.89. The number of aryl methyl sites for hydroxylation is 1. The van der Waals surface area contributed by atoms with Crippen LogP contribution in [0, 0.1) is 0 Å². The van der Waals surface area contributed by atoms with Crippen LogP contribution in [0.3, 0.4) is 0 Å². The zero-order chi connectivity index (χ0) is 19.0. The summed E-state index contributed by atoms with van der Waals surface area (Å²) in [6.45, 7) is 0.0618. The maximum absolute atomic E-state index is 12.6. The van der Waals surface area contributed by atoms with E-state index >= 15 is 0 Å². The first kappa shape index (κ1) is 17.7. The molecule has 2 aliphatic rings. The lowest BCUT2D eigenvalue weighted by atomic mass is 9.98. The van der Waals surface area contributed by atoms with Gasteiger partial charge in [-0.15, -0.1) is 5.10 Å². The molecule has 2 N–H and O–H groups in total. The molecule has 0 unspecified atom stereocenters. The van der Waals surface area contributed by atoms with E-state index in [2.05, 4.69) is 15.8 Å². The smallest absolute Gasteiger partial charge is 0.323 e. The highest BCUT2D eigenvalue weighted by Crippen LogP contribution is 2.34. The van der Waals surface area contributed by atoms with Gasteiger partial charge in [0.1, 0.15) is 5.54 Å². The van der Waals surface area contributed by atoms with Crippen LogP contribution in [-0.2, 0) is 16.6 Å². The van der Waals surface area contributed by atoms with Crippen molar-refractivity contribution in [3.8, 4) is 0 Å². The summed E-state index contributed by atoms with van der Waals surface area (Å²) in [4.78, 5) is 38.7. The summed E-state index contributed by atoms with van der Waals surface area (Å²) >= 11 is 1.48. The molecule has 1 aliphatic heterocycles. The van der Waals surface area contributed by atoms with Gasteiger partial charge < -0.3 is 9.88 Å². The number of para-hydroxylation sites is 1. The summed E-state index contributed by atoms with van der Waals surface area (Å²) in [5.74, 6) is -0.536. The lowest BCUT2D eigenvalue weighted by molar-refractivity contribution is -0.131. The number of nitrogens with one attached hydrogen (secondary N) is 2. The number of carbonyl (C=O) groups is 3. The van der Waals surface area contributed by atoms with E-state index in [1.807, 2.05) is 35.9 Å². The van der Waals surface area contributed by atoms with Gasteiger partial charge in [-0.05, 0) is 25.0 Å². The first-order chi connectivity index (χ1) is 13.0. The molecule has 4 rings (SSSR count). The number of rotatable bonds is 4. The Morgan fingerprint density at radius 3 is 2.78 bits per heavy atom. The molecule has 0 atom stereocenters. The molecular weight excluding hydrogens is 366 g/mol. The lowest BCUT2D eigenvalue weighted by Gasteiger charge is -2.19. The van der Waals surface area contributed by atoms with E-state index in [4.69, 9.17) is 0 Å². The van der Waals surface area contributed by atoms with Crippen LogP contribution < -0.4 is 15.5 Å². The van der Waals surface area contributed by atoms with Crippen LogP contribution in [0.15, 0.2) is 29.4 Å². The van der Waals surface area contributed by atoms with Gasteiger partial charge >= 0.3 is 6.03 Å². The molecule has 27 heavy (non-hydrogen) atoms. The van der Waals surface area contributed by atoms with Crippen LogP contribution >= 0.6 is 11.3 Å². The van der Waals surface area contributed by atoms with Gasteiger partial charge in [0.25, 0.3) is 5.91 Å². The Kier molecular flexibility index (Phi) is 4.47. The Labute approximate surface area is 159 Å². The van der Waals surface area contributed by atoms with Crippen molar-refractivity contribution < 1.29 is 14.4 Å². The van der Waals surface area contributed by atoms with Crippen molar-refractivity contribution >= 4 is 39.4 Å². The van der Waals surface area contributed by atoms with Gasteiger partial charge in [0.05, 0.1) is 10.2 Å². The van der Waals surface area contributed by atoms with Gasteiger partial charge in [0.15, 0.2) is 0 Å². The van der Waals surface area contributed by atoms with Crippen LogP contribution in [0.2, 0.25) is 0 Å². The summed E-state index contributed by atoms with van der Waals surface area (Å²) in [5.41, 5.74) is 2.83. The second-order valence-corrected chi connectivity index (χ2v) is 7.99. The quantitative estimate of drug-likeness (QED) is 0.614. The van der Waals surface area contributed by atoms with Crippen molar-refractivity contribution in [3.05, 3.63) is 29.1 Å². The van der Waals surface area contributed by atoms with Crippen LogP contribution in [0.5, 0.6) is 0 Å². The molecule has 1 aromatic carbocycles. The molecule has 1 aliphatic carbocycles. The normalized spacial score (nSPS) is 19.3. The van der Waals surface area contributed by atoms with Crippen molar-refractivity contribution in [2.45, 2.75) is 37.6 Å². The van der Waals surface area contributed by atoms with E-state index in [9.17, 15) is 14.4 Å². The number of hydrogen-bond acceptors (Lipinski definition) is 5. The summed E-state index contributed by atoms with van der Waals surface area (Å²) in [6, 6.07) is 7.49. The molecule has 1 saturated heterocycles. The fourth-order valence-electron chi connectivity index (χ4n) is 3.76. The molecule has 8 nitrogen and oxygen atoms in total. The molecule has 2 fully saturated rings. The fraction of sp³-hybridized carbons (Fsp3) is 0.444. The minimum Gasteiger partial charge on any atom is -0.323 e. The molecular formula is C18H21N5O3S. The van der Waals surface area contributed by atoms with Crippen LogP contribution in [0.25, 0.3) is 10.2 Å². The van der Waals surface area contributed by atoms with Crippen molar-refractivity contribution in [2.24, 2.45) is 12.1 Å². The maximum atomic E-state index is 12.6. The molecule has 2 heterocycles. The Balaban J connectivity index is 1.39. The Bertz CT molecular complexity index is 986. The van der Waals surface area contributed by atoms with Crippen LogP contribution in [-0.4, -0.2) is 39.4 Å². The number of nitrogens with zero attached hydrogens (tertiary/aromatic N) is 3. The molecule has 0 bridgehead atoms. The minimum atomic E-state index is -0.733. The third kappa shape index (κ3) is 3.12. The molecule has 4 amide bonds. The third-order valence-electron chi connectivity index (χ3n) is 5.26.